The van der Waals surface area contributed by atoms with Crippen molar-refractivity contribution < 1.29 is 14.3 Å². The monoisotopic (exact) mass is 410 g/mol. The molecule has 2 aromatic rings. The number of rotatable bonds is 8. The molecule has 2 aromatic carbocycles. The molecule has 3 rings (SSSR count). The van der Waals surface area contributed by atoms with Crippen molar-refractivity contribution in [3.05, 3.63) is 60.2 Å². The van der Waals surface area contributed by atoms with Crippen molar-refractivity contribution in [2.75, 3.05) is 56.1 Å². The minimum absolute atomic E-state index is 0.105. The number of carbonyl (C=O) groups excluding carboxylic acids is 2. The van der Waals surface area contributed by atoms with Gasteiger partial charge in [-0.3, -0.25) is 15.0 Å². The van der Waals surface area contributed by atoms with E-state index in [1.807, 2.05) is 6.07 Å². The summed E-state index contributed by atoms with van der Waals surface area (Å²) in [5.41, 5.74) is 2.45. The maximum Gasteiger partial charge on any atom is 0.411 e. The van der Waals surface area contributed by atoms with Crippen molar-refractivity contribution in [3.63, 3.8) is 0 Å². The summed E-state index contributed by atoms with van der Waals surface area (Å²) >= 11 is 0. The number of nitrogens with one attached hydrogen (secondary N) is 2. The molecule has 0 bridgehead atoms. The number of carbonyl (C=O) groups is 2. The highest BCUT2D eigenvalue weighted by atomic mass is 16.5. The molecule has 0 saturated carbocycles. The SMILES string of the molecule is CCOC(=O)Nc1ccc(C(=O)NCCCN2CCN(c3ccccc3)CC2)cc1. The Morgan fingerprint density at radius 3 is 2.33 bits per heavy atom. The summed E-state index contributed by atoms with van der Waals surface area (Å²) in [4.78, 5) is 28.6. The van der Waals surface area contributed by atoms with Crippen molar-refractivity contribution in [2.45, 2.75) is 13.3 Å². The second-order valence-electron chi connectivity index (χ2n) is 7.20. The van der Waals surface area contributed by atoms with E-state index in [-0.39, 0.29) is 5.91 Å². The van der Waals surface area contributed by atoms with Crippen LogP contribution in [0, 0.1) is 0 Å². The minimum atomic E-state index is -0.501. The van der Waals surface area contributed by atoms with Gasteiger partial charge < -0.3 is 15.0 Å². The van der Waals surface area contributed by atoms with Crippen LogP contribution >= 0.6 is 0 Å². The molecule has 0 spiro atoms. The van der Waals surface area contributed by atoms with Crippen LogP contribution in [0.3, 0.4) is 0 Å². The van der Waals surface area contributed by atoms with E-state index in [2.05, 4.69) is 44.7 Å². The number of amides is 2. The first-order valence-electron chi connectivity index (χ1n) is 10.5. The molecule has 7 heteroatoms. The van der Waals surface area contributed by atoms with Gasteiger partial charge in [-0.1, -0.05) is 18.2 Å². The van der Waals surface area contributed by atoms with Crippen LogP contribution in [0.2, 0.25) is 0 Å². The third-order valence-corrected chi connectivity index (χ3v) is 5.10. The van der Waals surface area contributed by atoms with Crippen LogP contribution in [0.15, 0.2) is 54.6 Å². The van der Waals surface area contributed by atoms with E-state index in [1.165, 1.54) is 5.69 Å². The normalized spacial score (nSPS) is 14.2. The number of hydrogen-bond acceptors (Lipinski definition) is 5. The van der Waals surface area contributed by atoms with Crippen molar-refractivity contribution in [1.82, 2.24) is 10.2 Å². The number of anilines is 2. The zero-order valence-corrected chi connectivity index (χ0v) is 17.5. The zero-order chi connectivity index (χ0) is 21.2. The first-order chi connectivity index (χ1) is 14.7. The Hall–Kier alpha value is -3.06. The van der Waals surface area contributed by atoms with Gasteiger partial charge in [-0.05, 0) is 56.3 Å². The van der Waals surface area contributed by atoms with E-state index in [9.17, 15) is 9.59 Å². The Labute approximate surface area is 178 Å². The van der Waals surface area contributed by atoms with Crippen LogP contribution in [-0.4, -0.2) is 62.8 Å². The molecule has 0 radical (unpaired) electrons. The fraction of sp³-hybridized carbons (Fsp3) is 0.391. The number of para-hydroxylation sites is 1. The van der Waals surface area contributed by atoms with Gasteiger partial charge >= 0.3 is 6.09 Å². The Morgan fingerprint density at radius 1 is 0.967 bits per heavy atom. The Balaban J connectivity index is 1.33. The standard InChI is InChI=1S/C23H30N4O3/c1-2-30-23(29)25-20-11-9-19(10-12-20)22(28)24-13-6-14-26-15-17-27(18-16-26)21-7-4-3-5-8-21/h3-5,7-12H,2,6,13-18H2,1H3,(H,24,28)(H,25,29). The fourth-order valence-corrected chi connectivity index (χ4v) is 3.47. The van der Waals surface area contributed by atoms with E-state index in [0.29, 0.717) is 24.4 Å². The summed E-state index contributed by atoms with van der Waals surface area (Å²) in [7, 11) is 0. The lowest BCUT2D eigenvalue weighted by Crippen LogP contribution is -2.47. The highest BCUT2D eigenvalue weighted by molar-refractivity contribution is 5.95. The highest BCUT2D eigenvalue weighted by Crippen LogP contribution is 2.15. The van der Waals surface area contributed by atoms with Gasteiger partial charge in [-0.25, -0.2) is 4.79 Å². The van der Waals surface area contributed by atoms with Gasteiger partial charge in [-0.15, -0.1) is 0 Å². The van der Waals surface area contributed by atoms with Crippen LogP contribution in [-0.2, 0) is 4.74 Å². The van der Waals surface area contributed by atoms with E-state index in [4.69, 9.17) is 4.74 Å². The van der Waals surface area contributed by atoms with E-state index in [1.54, 1.807) is 31.2 Å². The fourth-order valence-electron chi connectivity index (χ4n) is 3.47. The van der Waals surface area contributed by atoms with Crippen LogP contribution in [0.4, 0.5) is 16.2 Å². The third kappa shape index (κ3) is 6.49. The minimum Gasteiger partial charge on any atom is -0.450 e. The predicted molar refractivity (Wildman–Crippen MR) is 119 cm³/mol. The Morgan fingerprint density at radius 2 is 1.67 bits per heavy atom. The Kier molecular flexibility index (Phi) is 8.09. The van der Waals surface area contributed by atoms with Crippen molar-refractivity contribution >= 4 is 23.4 Å². The van der Waals surface area contributed by atoms with Crippen LogP contribution < -0.4 is 15.5 Å². The Bertz CT molecular complexity index is 803. The largest absolute Gasteiger partial charge is 0.450 e. The summed E-state index contributed by atoms with van der Waals surface area (Å²) in [5.74, 6) is -0.105. The van der Waals surface area contributed by atoms with Crippen LogP contribution in [0.5, 0.6) is 0 Å². The van der Waals surface area contributed by atoms with Gasteiger partial charge in [0.2, 0.25) is 0 Å². The highest BCUT2D eigenvalue weighted by Gasteiger charge is 2.16. The lowest BCUT2D eigenvalue weighted by atomic mass is 10.2. The summed E-state index contributed by atoms with van der Waals surface area (Å²) in [6.07, 6.45) is 0.416. The molecule has 1 aliphatic heterocycles. The molecule has 0 atom stereocenters. The van der Waals surface area contributed by atoms with Crippen LogP contribution in [0.25, 0.3) is 0 Å². The number of hydrogen-bond donors (Lipinski definition) is 2. The van der Waals surface area contributed by atoms with E-state index >= 15 is 0 Å². The second kappa shape index (κ2) is 11.2. The third-order valence-electron chi connectivity index (χ3n) is 5.10. The number of piperazine rings is 1. The quantitative estimate of drug-likeness (QED) is 0.654. The van der Waals surface area contributed by atoms with Crippen molar-refractivity contribution in [1.29, 1.82) is 0 Å². The van der Waals surface area contributed by atoms with Gasteiger partial charge in [0.25, 0.3) is 5.91 Å². The lowest BCUT2D eigenvalue weighted by Gasteiger charge is -2.36. The molecular weight excluding hydrogens is 380 g/mol. The number of ether oxygens (including phenoxy) is 1. The van der Waals surface area contributed by atoms with Crippen molar-refractivity contribution in [3.8, 4) is 0 Å². The summed E-state index contributed by atoms with van der Waals surface area (Å²) < 4.78 is 4.83. The summed E-state index contributed by atoms with van der Waals surface area (Å²) in [5, 5.41) is 5.57. The maximum atomic E-state index is 12.3. The molecule has 1 heterocycles. The molecule has 160 valence electrons. The van der Waals surface area contributed by atoms with Crippen molar-refractivity contribution in [2.24, 2.45) is 0 Å². The molecule has 0 unspecified atom stereocenters. The molecular formula is C23H30N4O3. The second-order valence-corrected chi connectivity index (χ2v) is 7.20. The molecule has 2 amide bonds. The van der Waals surface area contributed by atoms with E-state index in [0.717, 1.165) is 39.1 Å². The zero-order valence-electron chi connectivity index (χ0n) is 17.5. The molecule has 30 heavy (non-hydrogen) atoms. The molecule has 1 fully saturated rings. The molecule has 7 nitrogen and oxygen atoms in total. The molecule has 2 N–H and O–H groups in total. The molecule has 1 aliphatic rings. The average molecular weight is 411 g/mol. The number of nitrogens with zero attached hydrogens (tertiary/aromatic N) is 2. The van der Waals surface area contributed by atoms with Gasteiger partial charge in [0.15, 0.2) is 0 Å². The lowest BCUT2D eigenvalue weighted by molar-refractivity contribution is 0.0951. The molecule has 0 aromatic heterocycles. The topological polar surface area (TPSA) is 73.9 Å². The first kappa shape index (κ1) is 21.6. The van der Waals surface area contributed by atoms with Gasteiger partial charge in [0.05, 0.1) is 6.61 Å². The molecule has 0 aliphatic carbocycles. The maximum absolute atomic E-state index is 12.3. The predicted octanol–water partition coefficient (Wildman–Crippen LogP) is 3.20. The first-order valence-corrected chi connectivity index (χ1v) is 10.5. The average Bonchev–Trinajstić information content (AvgIpc) is 2.78. The van der Waals surface area contributed by atoms with Gasteiger partial charge in [-0.2, -0.15) is 0 Å². The van der Waals surface area contributed by atoms with Gasteiger partial charge in [0.1, 0.15) is 0 Å². The van der Waals surface area contributed by atoms with Gasteiger partial charge in [0, 0.05) is 49.7 Å². The van der Waals surface area contributed by atoms with E-state index < -0.39 is 6.09 Å². The summed E-state index contributed by atoms with van der Waals surface area (Å²) in [6, 6.07) is 17.3. The number of benzene rings is 2. The van der Waals surface area contributed by atoms with Crippen LogP contribution in [0.1, 0.15) is 23.7 Å². The smallest absolute Gasteiger partial charge is 0.411 e. The molecule has 1 saturated heterocycles. The summed E-state index contributed by atoms with van der Waals surface area (Å²) in [6.45, 7) is 7.82.